The summed E-state index contributed by atoms with van der Waals surface area (Å²) in [5.74, 6) is -0.526. The van der Waals surface area contributed by atoms with Gasteiger partial charge in [0.1, 0.15) is 0 Å². The molecule has 1 heterocycles. The second-order valence-electron chi connectivity index (χ2n) is 4.69. The normalized spacial score (nSPS) is 15.6. The van der Waals surface area contributed by atoms with Gasteiger partial charge in [-0.2, -0.15) is 0 Å². The zero-order valence-electron chi connectivity index (χ0n) is 10.1. The van der Waals surface area contributed by atoms with Crippen LogP contribution in [0, 0.1) is 12.8 Å². The Morgan fingerprint density at radius 1 is 1.44 bits per heavy atom. The van der Waals surface area contributed by atoms with Crippen molar-refractivity contribution in [3.05, 3.63) is 23.4 Å². The highest BCUT2D eigenvalue weighted by Crippen LogP contribution is 2.32. The average Bonchev–Trinajstić information content (AvgIpc) is 3.03. The summed E-state index contributed by atoms with van der Waals surface area (Å²) in [6.07, 6.45) is 1.80. The van der Waals surface area contributed by atoms with Gasteiger partial charge in [0.25, 0.3) is 0 Å². The summed E-state index contributed by atoms with van der Waals surface area (Å²) in [4.78, 5) is 14.6. The average molecular weight is 269 g/mol. The Morgan fingerprint density at radius 2 is 2.11 bits per heavy atom. The Kier molecular flexibility index (Phi) is 3.38. The smallest absolute Gasteiger partial charge is 0.307 e. The van der Waals surface area contributed by atoms with Crippen LogP contribution in [0.25, 0.3) is 0 Å². The van der Waals surface area contributed by atoms with E-state index in [1.54, 1.807) is 6.92 Å². The van der Waals surface area contributed by atoms with E-state index < -0.39 is 15.8 Å². The van der Waals surface area contributed by atoms with Gasteiger partial charge >= 0.3 is 5.97 Å². The fraction of sp³-hybridized carbons (Fsp3) is 0.500. The molecule has 0 saturated heterocycles. The Balaban J connectivity index is 2.24. The van der Waals surface area contributed by atoms with Gasteiger partial charge in [-0.25, -0.2) is 13.4 Å². The lowest BCUT2D eigenvalue weighted by Gasteiger charge is -2.06. The third-order valence-corrected chi connectivity index (χ3v) is 4.76. The first-order valence-electron chi connectivity index (χ1n) is 5.79. The first-order chi connectivity index (χ1) is 8.38. The second-order valence-corrected chi connectivity index (χ2v) is 6.67. The Bertz CT molecular complexity index is 576. The molecule has 0 aromatic carbocycles. The molecule has 0 radical (unpaired) electrons. The number of sulfone groups is 1. The predicted molar refractivity (Wildman–Crippen MR) is 65.1 cm³/mol. The summed E-state index contributed by atoms with van der Waals surface area (Å²) < 4.78 is 24.0. The molecule has 1 aromatic heterocycles. The topological polar surface area (TPSA) is 84.3 Å². The van der Waals surface area contributed by atoms with Crippen molar-refractivity contribution >= 4 is 15.8 Å². The van der Waals surface area contributed by atoms with Crippen molar-refractivity contribution < 1.29 is 18.3 Å². The molecule has 1 aliphatic rings. The molecule has 5 nitrogen and oxygen atoms in total. The van der Waals surface area contributed by atoms with Crippen LogP contribution in [-0.2, 0) is 21.1 Å². The van der Waals surface area contributed by atoms with Gasteiger partial charge in [-0.15, -0.1) is 0 Å². The van der Waals surface area contributed by atoms with Crippen LogP contribution >= 0.6 is 0 Å². The molecule has 0 atom stereocenters. The molecule has 98 valence electrons. The highest BCUT2D eigenvalue weighted by Gasteiger charge is 2.30. The summed E-state index contributed by atoms with van der Waals surface area (Å²) >= 11 is 0. The highest BCUT2D eigenvalue weighted by atomic mass is 32.2. The Labute approximate surface area is 106 Å². The lowest BCUT2D eigenvalue weighted by Crippen LogP contribution is -2.12. The van der Waals surface area contributed by atoms with Crippen LogP contribution in [0.2, 0.25) is 0 Å². The minimum Gasteiger partial charge on any atom is -0.481 e. The zero-order valence-corrected chi connectivity index (χ0v) is 10.9. The molecular weight excluding hydrogens is 254 g/mol. The van der Waals surface area contributed by atoms with Gasteiger partial charge in [-0.05, 0) is 37.3 Å². The van der Waals surface area contributed by atoms with Gasteiger partial charge < -0.3 is 5.11 Å². The van der Waals surface area contributed by atoms with Gasteiger partial charge in [0.15, 0.2) is 14.9 Å². The number of aryl methyl sites for hydroxylation is 1. The summed E-state index contributed by atoms with van der Waals surface area (Å²) in [5, 5.41) is 8.76. The maximum Gasteiger partial charge on any atom is 0.307 e. The molecule has 1 N–H and O–H groups in total. The summed E-state index contributed by atoms with van der Waals surface area (Å²) in [6, 6.07) is 2.94. The molecule has 2 rings (SSSR count). The number of carboxylic acids is 1. The van der Waals surface area contributed by atoms with Crippen molar-refractivity contribution in [2.45, 2.75) is 31.2 Å². The third-order valence-electron chi connectivity index (χ3n) is 2.98. The van der Waals surface area contributed by atoms with Crippen LogP contribution in [0.3, 0.4) is 0 Å². The van der Waals surface area contributed by atoms with E-state index in [1.807, 2.05) is 0 Å². The zero-order chi connectivity index (χ0) is 13.3. The van der Waals surface area contributed by atoms with Crippen LogP contribution in [0.15, 0.2) is 17.2 Å². The number of aliphatic carboxylic acids is 1. The van der Waals surface area contributed by atoms with Crippen molar-refractivity contribution in [1.82, 2.24) is 4.98 Å². The molecule has 1 saturated carbocycles. The molecule has 0 aliphatic heterocycles. The summed E-state index contributed by atoms with van der Waals surface area (Å²) in [6.45, 7) is 1.63. The van der Waals surface area contributed by atoms with E-state index in [0.29, 0.717) is 11.3 Å². The summed E-state index contributed by atoms with van der Waals surface area (Å²) in [5.41, 5.74) is 1.02. The number of nitrogens with zero attached hydrogens (tertiary/aromatic N) is 1. The van der Waals surface area contributed by atoms with E-state index in [2.05, 4.69) is 4.98 Å². The maximum atomic E-state index is 12.0. The number of hydrogen-bond donors (Lipinski definition) is 1. The molecule has 0 bridgehead atoms. The van der Waals surface area contributed by atoms with Crippen molar-refractivity contribution in [1.29, 1.82) is 0 Å². The number of hydrogen-bond acceptors (Lipinski definition) is 4. The largest absolute Gasteiger partial charge is 0.481 e. The van der Waals surface area contributed by atoms with E-state index in [0.717, 1.165) is 12.8 Å². The van der Waals surface area contributed by atoms with Crippen molar-refractivity contribution in [2.24, 2.45) is 5.92 Å². The van der Waals surface area contributed by atoms with Crippen molar-refractivity contribution in [3.8, 4) is 0 Å². The van der Waals surface area contributed by atoms with Gasteiger partial charge in [-0.1, -0.05) is 6.07 Å². The number of aromatic nitrogens is 1. The molecular formula is C12H15NO4S. The van der Waals surface area contributed by atoms with E-state index in [4.69, 9.17) is 5.11 Å². The Hall–Kier alpha value is -1.43. The SMILES string of the molecule is Cc1nc(S(=O)(=O)CC2CC2)ccc1CC(=O)O. The van der Waals surface area contributed by atoms with Crippen LogP contribution in [-0.4, -0.2) is 30.2 Å². The van der Waals surface area contributed by atoms with Gasteiger partial charge in [0.05, 0.1) is 12.2 Å². The van der Waals surface area contributed by atoms with E-state index in [9.17, 15) is 13.2 Å². The first-order valence-corrected chi connectivity index (χ1v) is 7.45. The van der Waals surface area contributed by atoms with Crippen LogP contribution in [0.1, 0.15) is 24.1 Å². The quantitative estimate of drug-likeness (QED) is 0.868. The number of carbonyl (C=O) groups is 1. The maximum absolute atomic E-state index is 12.0. The number of pyridine rings is 1. The summed E-state index contributed by atoms with van der Waals surface area (Å²) in [7, 11) is -3.32. The van der Waals surface area contributed by atoms with E-state index >= 15 is 0 Å². The Morgan fingerprint density at radius 3 is 2.61 bits per heavy atom. The second kappa shape index (κ2) is 4.68. The lowest BCUT2D eigenvalue weighted by atomic mass is 10.1. The van der Waals surface area contributed by atoms with Crippen LogP contribution in [0.5, 0.6) is 0 Å². The highest BCUT2D eigenvalue weighted by molar-refractivity contribution is 7.91. The molecule has 18 heavy (non-hydrogen) atoms. The van der Waals surface area contributed by atoms with Crippen LogP contribution < -0.4 is 0 Å². The van der Waals surface area contributed by atoms with Gasteiger partial charge in [0, 0.05) is 5.69 Å². The molecule has 0 spiro atoms. The molecule has 0 unspecified atom stereocenters. The lowest BCUT2D eigenvalue weighted by molar-refractivity contribution is -0.136. The van der Waals surface area contributed by atoms with E-state index in [-0.39, 0.29) is 23.1 Å². The number of rotatable bonds is 5. The van der Waals surface area contributed by atoms with Crippen molar-refractivity contribution in [2.75, 3.05) is 5.75 Å². The monoisotopic (exact) mass is 269 g/mol. The van der Waals surface area contributed by atoms with Gasteiger partial charge in [-0.3, -0.25) is 4.79 Å². The molecule has 1 aromatic rings. The predicted octanol–water partition coefficient (Wildman–Crippen LogP) is 1.20. The molecule has 6 heteroatoms. The fourth-order valence-corrected chi connectivity index (χ4v) is 3.45. The first kappa shape index (κ1) is 13.0. The molecule has 1 aliphatic carbocycles. The third kappa shape index (κ3) is 3.07. The number of carboxylic acid groups (broad SMARTS) is 1. The van der Waals surface area contributed by atoms with E-state index in [1.165, 1.54) is 12.1 Å². The standard InChI is InChI=1S/C12H15NO4S/c1-8-10(6-12(14)15)4-5-11(13-8)18(16,17)7-9-2-3-9/h4-5,9H,2-3,6-7H2,1H3,(H,14,15). The van der Waals surface area contributed by atoms with Crippen molar-refractivity contribution in [3.63, 3.8) is 0 Å². The van der Waals surface area contributed by atoms with Crippen LogP contribution in [0.4, 0.5) is 0 Å². The minimum absolute atomic E-state index is 0.0565. The minimum atomic E-state index is -3.32. The molecule has 0 amide bonds. The fourth-order valence-electron chi connectivity index (χ4n) is 1.77. The molecule has 1 fully saturated rings. The van der Waals surface area contributed by atoms with Gasteiger partial charge in [0.2, 0.25) is 0 Å².